The number of carboxylic acid groups (broad SMARTS) is 1. The fraction of sp³-hybridized carbons (Fsp3) is 0.200. The lowest BCUT2D eigenvalue weighted by Gasteiger charge is -2.16. The second-order valence-corrected chi connectivity index (χ2v) is 8.55. The van der Waals surface area contributed by atoms with Gasteiger partial charge in [0.05, 0.1) is 18.9 Å². The smallest absolute Gasteiger partial charge is 0.356 e. The largest absolute Gasteiger partial charge is 0.476 e. The molecule has 2 aromatic carbocycles. The quantitative estimate of drug-likeness (QED) is 0.335. The van der Waals surface area contributed by atoms with E-state index in [1.54, 1.807) is 49.4 Å². The third-order valence-corrected chi connectivity index (χ3v) is 5.60. The van der Waals surface area contributed by atoms with Gasteiger partial charge in [-0.25, -0.2) is 28.9 Å². The van der Waals surface area contributed by atoms with E-state index in [0.717, 1.165) is 16.3 Å². The number of carboxylic acids is 1. The zero-order chi connectivity index (χ0) is 26.5. The number of rotatable bonds is 9. The lowest BCUT2D eigenvalue weighted by atomic mass is 10.2. The maximum absolute atomic E-state index is 13.2. The number of nitrogens with one attached hydrogen (secondary N) is 1. The van der Waals surface area contributed by atoms with E-state index in [2.05, 4.69) is 20.3 Å². The van der Waals surface area contributed by atoms with Gasteiger partial charge in [0.1, 0.15) is 5.75 Å². The Morgan fingerprint density at radius 2 is 1.84 bits per heavy atom. The van der Waals surface area contributed by atoms with Crippen LogP contribution < -0.4 is 21.4 Å². The van der Waals surface area contributed by atoms with Crippen LogP contribution in [0.5, 0.6) is 11.6 Å². The molecule has 0 saturated carbocycles. The topological polar surface area (TPSA) is 141 Å². The van der Waals surface area contributed by atoms with Crippen LogP contribution in [0.25, 0.3) is 0 Å². The molecule has 190 valence electrons. The van der Waals surface area contributed by atoms with Gasteiger partial charge in [0.15, 0.2) is 5.69 Å². The molecule has 0 aliphatic carbocycles. The minimum absolute atomic E-state index is 0.0977. The number of anilines is 2. The van der Waals surface area contributed by atoms with Crippen molar-refractivity contribution in [3.05, 3.63) is 97.7 Å². The molecule has 12 heteroatoms. The van der Waals surface area contributed by atoms with E-state index in [9.17, 15) is 14.4 Å². The van der Waals surface area contributed by atoms with Crippen molar-refractivity contribution in [2.45, 2.75) is 33.4 Å². The molecule has 4 rings (SSSR count). The van der Waals surface area contributed by atoms with E-state index >= 15 is 0 Å². The van der Waals surface area contributed by atoms with Crippen LogP contribution in [-0.4, -0.2) is 35.2 Å². The summed E-state index contributed by atoms with van der Waals surface area (Å²) in [7, 11) is 0. The highest BCUT2D eigenvalue weighted by Gasteiger charge is 2.15. The van der Waals surface area contributed by atoms with Gasteiger partial charge in [-0.3, -0.25) is 4.57 Å². The molecule has 0 bridgehead atoms. The molecule has 2 aromatic heterocycles. The summed E-state index contributed by atoms with van der Waals surface area (Å²) in [5, 5.41) is 12.6. The van der Waals surface area contributed by atoms with Crippen LogP contribution in [0.15, 0.2) is 64.4 Å². The molecular formula is C25H23ClN6O5. The van der Waals surface area contributed by atoms with Crippen molar-refractivity contribution >= 4 is 29.2 Å². The Kier molecular flexibility index (Phi) is 7.63. The van der Waals surface area contributed by atoms with Gasteiger partial charge in [-0.15, -0.1) is 0 Å². The van der Waals surface area contributed by atoms with Gasteiger partial charge < -0.3 is 15.2 Å². The summed E-state index contributed by atoms with van der Waals surface area (Å²) in [5.41, 5.74) is 0.789. The predicted molar refractivity (Wildman–Crippen MR) is 137 cm³/mol. The van der Waals surface area contributed by atoms with E-state index in [-0.39, 0.29) is 30.6 Å². The Bertz CT molecular complexity index is 1550. The van der Waals surface area contributed by atoms with Gasteiger partial charge in [-0.2, -0.15) is 4.98 Å². The second-order valence-electron chi connectivity index (χ2n) is 8.12. The average molecular weight is 523 g/mol. The molecule has 4 aromatic rings. The molecule has 0 saturated heterocycles. The third kappa shape index (κ3) is 6.01. The zero-order valence-electron chi connectivity index (χ0n) is 20.0. The van der Waals surface area contributed by atoms with Crippen LogP contribution in [0, 0.1) is 6.92 Å². The first kappa shape index (κ1) is 25.6. The van der Waals surface area contributed by atoms with Gasteiger partial charge in [-0.1, -0.05) is 30.7 Å². The number of aryl methyl sites for hydroxylation is 1. The van der Waals surface area contributed by atoms with E-state index in [4.69, 9.17) is 21.4 Å². The number of halogens is 1. The Labute approximate surface area is 216 Å². The molecule has 0 spiro atoms. The summed E-state index contributed by atoms with van der Waals surface area (Å²) >= 11 is 5.99. The summed E-state index contributed by atoms with van der Waals surface area (Å²) in [5.74, 6) is -0.490. The highest BCUT2D eigenvalue weighted by Crippen LogP contribution is 2.27. The predicted octanol–water partition coefficient (Wildman–Crippen LogP) is 3.85. The van der Waals surface area contributed by atoms with Crippen LogP contribution in [-0.2, 0) is 13.1 Å². The van der Waals surface area contributed by atoms with Crippen molar-refractivity contribution in [3.63, 3.8) is 0 Å². The number of nitrogens with zero attached hydrogens (tertiary/aromatic N) is 5. The van der Waals surface area contributed by atoms with E-state index in [0.29, 0.717) is 28.4 Å². The molecule has 0 fully saturated rings. The van der Waals surface area contributed by atoms with Gasteiger partial charge in [0.25, 0.3) is 0 Å². The fourth-order valence-electron chi connectivity index (χ4n) is 3.52. The molecule has 0 aliphatic rings. The molecule has 0 aliphatic heterocycles. The molecule has 0 amide bonds. The Balaban J connectivity index is 1.63. The molecule has 37 heavy (non-hydrogen) atoms. The zero-order valence-corrected chi connectivity index (χ0v) is 20.8. The highest BCUT2D eigenvalue weighted by atomic mass is 35.5. The van der Waals surface area contributed by atoms with Gasteiger partial charge in [-0.05, 0) is 54.8 Å². The molecule has 11 nitrogen and oxygen atoms in total. The van der Waals surface area contributed by atoms with Gasteiger partial charge in [0.2, 0.25) is 11.8 Å². The molecule has 0 atom stereocenters. The fourth-order valence-corrected chi connectivity index (χ4v) is 3.64. The van der Waals surface area contributed by atoms with E-state index in [1.807, 2.05) is 6.92 Å². The van der Waals surface area contributed by atoms with Crippen molar-refractivity contribution < 1.29 is 14.6 Å². The maximum Gasteiger partial charge on any atom is 0.356 e. The molecule has 2 heterocycles. The summed E-state index contributed by atoms with van der Waals surface area (Å²) in [6.45, 7) is 4.11. The number of aromatic nitrogens is 5. The van der Waals surface area contributed by atoms with E-state index < -0.39 is 17.3 Å². The average Bonchev–Trinajstić information content (AvgIpc) is 2.87. The third-order valence-electron chi connectivity index (χ3n) is 5.34. The lowest BCUT2D eigenvalue weighted by molar-refractivity contribution is 0.0690. The van der Waals surface area contributed by atoms with Crippen molar-refractivity contribution in [1.82, 2.24) is 24.1 Å². The SMILES string of the molecule is CCCn1c(=O)nc(Nc2ccc(Oc3cnc(C(=O)O)cn3)c(C)c2)n(Cc2ccc(Cl)cc2)c1=O. The Morgan fingerprint density at radius 1 is 1.08 bits per heavy atom. The van der Waals surface area contributed by atoms with Gasteiger partial charge in [0, 0.05) is 17.3 Å². The van der Waals surface area contributed by atoms with Crippen molar-refractivity contribution in [2.24, 2.45) is 0 Å². The maximum atomic E-state index is 13.2. The molecule has 2 N–H and O–H groups in total. The first-order valence-corrected chi connectivity index (χ1v) is 11.7. The van der Waals surface area contributed by atoms with Crippen molar-refractivity contribution in [3.8, 4) is 11.6 Å². The second kappa shape index (κ2) is 11.0. The minimum Gasteiger partial charge on any atom is -0.476 e. The van der Waals surface area contributed by atoms with Crippen LogP contribution in [0.4, 0.5) is 11.6 Å². The number of benzene rings is 2. The highest BCUT2D eigenvalue weighted by molar-refractivity contribution is 6.30. The van der Waals surface area contributed by atoms with Crippen molar-refractivity contribution in [2.75, 3.05) is 5.32 Å². The summed E-state index contributed by atoms with van der Waals surface area (Å²) in [6.07, 6.45) is 2.93. The van der Waals surface area contributed by atoms with Crippen LogP contribution in [0.2, 0.25) is 5.02 Å². The molecular weight excluding hydrogens is 500 g/mol. The molecule has 0 unspecified atom stereocenters. The lowest BCUT2D eigenvalue weighted by Crippen LogP contribution is -2.42. The standard InChI is InChI=1S/C25H23ClN6O5/c1-3-10-31-24(35)30-23(32(25(31)36)14-16-4-6-17(26)7-5-16)29-18-8-9-20(15(2)11-18)37-21-13-27-19(12-28-21)22(33)34/h4-9,11-13H,3,10,14H2,1-2H3,(H,33,34)(H,29,30,35). The van der Waals surface area contributed by atoms with Gasteiger partial charge >= 0.3 is 17.3 Å². The monoisotopic (exact) mass is 522 g/mol. The molecule has 0 radical (unpaired) electrons. The minimum atomic E-state index is -1.18. The van der Waals surface area contributed by atoms with Crippen LogP contribution in [0.3, 0.4) is 0 Å². The Morgan fingerprint density at radius 3 is 2.46 bits per heavy atom. The number of hydrogen-bond donors (Lipinski definition) is 2. The van der Waals surface area contributed by atoms with Crippen molar-refractivity contribution in [1.29, 1.82) is 0 Å². The Hall–Kier alpha value is -4.51. The number of hydrogen-bond acceptors (Lipinski definition) is 8. The first-order chi connectivity index (χ1) is 17.7. The first-order valence-electron chi connectivity index (χ1n) is 11.3. The van der Waals surface area contributed by atoms with Crippen LogP contribution in [0.1, 0.15) is 35.0 Å². The van der Waals surface area contributed by atoms with E-state index in [1.165, 1.54) is 10.8 Å². The summed E-state index contributed by atoms with van der Waals surface area (Å²) < 4.78 is 8.23. The normalized spacial score (nSPS) is 10.8. The summed E-state index contributed by atoms with van der Waals surface area (Å²) in [4.78, 5) is 48.6. The number of ether oxygens (including phenoxy) is 1. The van der Waals surface area contributed by atoms with Crippen LogP contribution >= 0.6 is 11.6 Å². The number of aromatic carboxylic acids is 1. The summed E-state index contributed by atoms with van der Waals surface area (Å²) in [6, 6.07) is 12.2. The number of carbonyl (C=O) groups is 1.